The molecule has 0 aliphatic rings. The van der Waals surface area contributed by atoms with Gasteiger partial charge in [0.1, 0.15) is 0 Å². The molecule has 0 saturated carbocycles. The second kappa shape index (κ2) is 2.11. The van der Waals surface area contributed by atoms with E-state index in [1.165, 1.54) is 0 Å². The number of rotatable bonds is 2. The summed E-state index contributed by atoms with van der Waals surface area (Å²) in [6, 6.07) is 0. The third kappa shape index (κ3) is 1.48. The SMILES string of the molecule is C[C@](O)(CO)C(=O)O. The Morgan fingerprint density at radius 1 is 1.75 bits per heavy atom. The molecule has 4 heteroatoms. The Labute approximate surface area is 46.4 Å². The first kappa shape index (κ1) is 7.39. The summed E-state index contributed by atoms with van der Waals surface area (Å²) in [5.74, 6) is -1.42. The molecule has 3 N–H and O–H groups in total. The number of hydrogen-bond donors (Lipinski definition) is 3. The van der Waals surface area contributed by atoms with Gasteiger partial charge in [-0.25, -0.2) is 4.79 Å². The lowest BCUT2D eigenvalue weighted by atomic mass is 10.1. The highest BCUT2D eigenvalue weighted by atomic mass is 16.4. The lowest BCUT2D eigenvalue weighted by Gasteiger charge is -2.12. The molecule has 0 aromatic carbocycles. The van der Waals surface area contributed by atoms with Crippen molar-refractivity contribution in [3.05, 3.63) is 0 Å². The summed E-state index contributed by atoms with van der Waals surface area (Å²) in [6.45, 7) is 0.262. The molecule has 0 aliphatic carbocycles. The molecule has 0 heterocycles. The van der Waals surface area contributed by atoms with Crippen LogP contribution in [0.25, 0.3) is 0 Å². The standard InChI is InChI=1S/C4H8O4/c1-4(8,2-5)3(6)7/h5,8H,2H2,1H3,(H,6,7)/t4-/m0/s1. The Kier molecular flexibility index (Phi) is 1.94. The van der Waals surface area contributed by atoms with Crippen molar-refractivity contribution in [2.45, 2.75) is 12.5 Å². The topological polar surface area (TPSA) is 77.8 Å². The molecule has 0 rings (SSSR count). The molecule has 1 atom stereocenters. The summed E-state index contributed by atoms with van der Waals surface area (Å²) in [5.41, 5.74) is -1.99. The van der Waals surface area contributed by atoms with Crippen molar-refractivity contribution in [3.63, 3.8) is 0 Å². The molecule has 0 aromatic rings. The van der Waals surface area contributed by atoms with E-state index in [1.807, 2.05) is 0 Å². The van der Waals surface area contributed by atoms with E-state index >= 15 is 0 Å². The fourth-order valence-corrected chi connectivity index (χ4v) is 0.0676. The smallest absolute Gasteiger partial charge is 0.337 e. The minimum Gasteiger partial charge on any atom is -0.479 e. The Bertz CT molecular complexity index is 96.2. The Hall–Kier alpha value is -0.610. The number of aliphatic hydroxyl groups is 2. The van der Waals surface area contributed by atoms with Gasteiger partial charge in [-0.15, -0.1) is 0 Å². The molecule has 0 saturated heterocycles. The van der Waals surface area contributed by atoms with E-state index in [4.69, 9.17) is 15.3 Å². The highest BCUT2D eigenvalue weighted by Gasteiger charge is 2.28. The second-order valence-electron chi connectivity index (χ2n) is 1.74. The van der Waals surface area contributed by atoms with Crippen molar-refractivity contribution in [1.82, 2.24) is 0 Å². The van der Waals surface area contributed by atoms with Crippen LogP contribution in [0, 0.1) is 0 Å². The Balaban J connectivity index is 3.91. The van der Waals surface area contributed by atoms with Crippen molar-refractivity contribution in [2.75, 3.05) is 6.61 Å². The average Bonchev–Trinajstić information content (AvgIpc) is 1.67. The van der Waals surface area contributed by atoms with Gasteiger partial charge in [-0.1, -0.05) is 0 Å². The van der Waals surface area contributed by atoms with Crippen LogP contribution in [-0.4, -0.2) is 33.5 Å². The Morgan fingerprint density at radius 3 is 2.12 bits per heavy atom. The van der Waals surface area contributed by atoms with E-state index < -0.39 is 18.2 Å². The first-order valence-corrected chi connectivity index (χ1v) is 2.07. The number of carboxylic acids is 1. The van der Waals surface area contributed by atoms with Gasteiger partial charge in [0.05, 0.1) is 6.61 Å². The van der Waals surface area contributed by atoms with Crippen LogP contribution in [0.4, 0.5) is 0 Å². The number of carboxylic acid groups (broad SMARTS) is 1. The zero-order chi connectivity index (χ0) is 6.78. The number of aliphatic hydroxyl groups excluding tert-OH is 1. The first-order valence-electron chi connectivity index (χ1n) is 2.07. The predicted molar refractivity (Wildman–Crippen MR) is 25.3 cm³/mol. The summed E-state index contributed by atoms with van der Waals surface area (Å²) < 4.78 is 0. The molecule has 0 aliphatic heterocycles. The number of carbonyl (C=O) groups is 1. The van der Waals surface area contributed by atoms with Gasteiger partial charge in [0.2, 0.25) is 0 Å². The fraction of sp³-hybridized carbons (Fsp3) is 0.750. The maximum atomic E-state index is 9.84. The summed E-state index contributed by atoms with van der Waals surface area (Å²) >= 11 is 0. The van der Waals surface area contributed by atoms with Crippen LogP contribution in [0.1, 0.15) is 6.92 Å². The maximum Gasteiger partial charge on any atom is 0.337 e. The van der Waals surface area contributed by atoms with E-state index in [2.05, 4.69) is 0 Å². The van der Waals surface area contributed by atoms with Crippen LogP contribution in [0.15, 0.2) is 0 Å². The van der Waals surface area contributed by atoms with Crippen LogP contribution < -0.4 is 0 Å². The average molecular weight is 120 g/mol. The van der Waals surface area contributed by atoms with Gasteiger partial charge in [0, 0.05) is 0 Å². The Morgan fingerprint density at radius 2 is 2.12 bits per heavy atom. The van der Waals surface area contributed by atoms with E-state index in [0.717, 1.165) is 6.92 Å². The lowest BCUT2D eigenvalue weighted by Crippen LogP contribution is -2.38. The normalized spacial score (nSPS) is 17.4. The zero-order valence-corrected chi connectivity index (χ0v) is 4.46. The van der Waals surface area contributed by atoms with Crippen molar-refractivity contribution in [2.24, 2.45) is 0 Å². The van der Waals surface area contributed by atoms with E-state index in [9.17, 15) is 4.79 Å². The van der Waals surface area contributed by atoms with Crippen molar-refractivity contribution in [1.29, 1.82) is 0 Å². The van der Waals surface area contributed by atoms with Gasteiger partial charge in [-0.3, -0.25) is 0 Å². The molecule has 0 bridgehead atoms. The monoisotopic (exact) mass is 120 g/mol. The molecule has 4 nitrogen and oxygen atoms in total. The maximum absolute atomic E-state index is 9.84. The highest BCUT2D eigenvalue weighted by Crippen LogP contribution is 1.99. The van der Waals surface area contributed by atoms with Gasteiger partial charge < -0.3 is 15.3 Å². The number of hydrogen-bond acceptors (Lipinski definition) is 3. The molecule has 48 valence electrons. The summed E-state index contributed by atoms with van der Waals surface area (Å²) in [4.78, 5) is 9.84. The van der Waals surface area contributed by atoms with Gasteiger partial charge in [-0.05, 0) is 6.92 Å². The molecule has 0 amide bonds. The van der Waals surface area contributed by atoms with Crippen LogP contribution >= 0.6 is 0 Å². The summed E-state index contributed by atoms with van der Waals surface area (Å²) in [6.07, 6.45) is 0. The third-order valence-corrected chi connectivity index (χ3v) is 0.769. The first-order chi connectivity index (χ1) is 3.50. The van der Waals surface area contributed by atoms with Crippen LogP contribution in [0.2, 0.25) is 0 Å². The molecule has 0 spiro atoms. The number of aliphatic carboxylic acids is 1. The minimum atomic E-state index is -1.99. The van der Waals surface area contributed by atoms with Gasteiger partial charge in [0.25, 0.3) is 0 Å². The highest BCUT2D eigenvalue weighted by molar-refractivity contribution is 5.76. The van der Waals surface area contributed by atoms with Crippen LogP contribution in [0.3, 0.4) is 0 Å². The molecular weight excluding hydrogens is 112 g/mol. The second-order valence-corrected chi connectivity index (χ2v) is 1.74. The van der Waals surface area contributed by atoms with Gasteiger partial charge >= 0.3 is 5.97 Å². The molecule has 0 unspecified atom stereocenters. The van der Waals surface area contributed by atoms with Crippen molar-refractivity contribution >= 4 is 5.97 Å². The van der Waals surface area contributed by atoms with E-state index in [1.54, 1.807) is 0 Å². The van der Waals surface area contributed by atoms with E-state index in [0.29, 0.717) is 0 Å². The van der Waals surface area contributed by atoms with Crippen LogP contribution in [0.5, 0.6) is 0 Å². The molecule has 0 aromatic heterocycles. The van der Waals surface area contributed by atoms with E-state index in [-0.39, 0.29) is 0 Å². The lowest BCUT2D eigenvalue weighted by molar-refractivity contribution is -0.160. The quantitative estimate of drug-likeness (QED) is 0.428. The molecular formula is C4H8O4. The summed E-state index contributed by atoms with van der Waals surface area (Å²) in [7, 11) is 0. The van der Waals surface area contributed by atoms with Gasteiger partial charge in [-0.2, -0.15) is 0 Å². The largest absolute Gasteiger partial charge is 0.479 e. The third-order valence-electron chi connectivity index (χ3n) is 0.769. The molecule has 8 heavy (non-hydrogen) atoms. The predicted octanol–water partition coefficient (Wildman–Crippen LogP) is -1.19. The zero-order valence-electron chi connectivity index (χ0n) is 4.46. The van der Waals surface area contributed by atoms with Crippen molar-refractivity contribution < 1.29 is 20.1 Å². The molecule has 0 fully saturated rings. The van der Waals surface area contributed by atoms with Gasteiger partial charge in [0.15, 0.2) is 5.60 Å². The molecule has 0 radical (unpaired) electrons. The van der Waals surface area contributed by atoms with Crippen LogP contribution in [-0.2, 0) is 4.79 Å². The summed E-state index contributed by atoms with van der Waals surface area (Å²) in [5, 5.41) is 24.7. The van der Waals surface area contributed by atoms with Crippen molar-refractivity contribution in [3.8, 4) is 0 Å². The minimum absolute atomic E-state index is 0.762. The fourth-order valence-electron chi connectivity index (χ4n) is 0.0676.